The van der Waals surface area contributed by atoms with E-state index in [0.29, 0.717) is 18.0 Å². The van der Waals surface area contributed by atoms with Crippen LogP contribution in [-0.2, 0) is 13.5 Å². The van der Waals surface area contributed by atoms with Crippen molar-refractivity contribution in [1.82, 2.24) is 14.8 Å². The number of hydrogen-bond donors (Lipinski definition) is 1. The maximum atomic E-state index is 12.7. The quantitative estimate of drug-likeness (QED) is 0.599. The molecule has 1 aliphatic heterocycles. The molecule has 0 aliphatic carbocycles. The molecule has 2 heterocycles. The number of oxazole rings is 1. The lowest BCUT2D eigenvalue weighted by molar-refractivity contribution is 0.150. The van der Waals surface area contributed by atoms with Gasteiger partial charge in [-0.1, -0.05) is 36.4 Å². The predicted molar refractivity (Wildman–Crippen MR) is 122 cm³/mol. The molecule has 0 spiro atoms. The molecule has 1 fully saturated rings. The summed E-state index contributed by atoms with van der Waals surface area (Å²) in [6.07, 6.45) is 4.91. The standard InChI is InChI=1S/C25H31N3O3/c1-18-16-21(20-11-12-22-23(17-20)31-25(30)27(22)2)13-15-28(18)24(29)26-14-7-6-10-19-8-4-3-5-9-19/h3-5,8-9,11-12,17-18,21H,6-7,10,13-16H2,1-2H3,(H,26,29)/t18-,21?/m0/s1. The molecular formula is C25H31N3O3. The van der Waals surface area contributed by atoms with Crippen LogP contribution in [0.5, 0.6) is 0 Å². The zero-order valence-electron chi connectivity index (χ0n) is 18.3. The highest BCUT2D eigenvalue weighted by Crippen LogP contribution is 2.33. The van der Waals surface area contributed by atoms with Gasteiger partial charge in [-0.05, 0) is 68.2 Å². The Bertz CT molecular complexity index is 1090. The molecule has 1 aliphatic rings. The number of carbonyl (C=O) groups excluding carboxylic acids is 1. The van der Waals surface area contributed by atoms with E-state index in [2.05, 4.69) is 42.6 Å². The molecule has 2 atom stereocenters. The minimum Gasteiger partial charge on any atom is -0.408 e. The average molecular weight is 422 g/mol. The normalized spacial score (nSPS) is 19.0. The first kappa shape index (κ1) is 21.2. The van der Waals surface area contributed by atoms with Gasteiger partial charge in [0.2, 0.25) is 0 Å². The van der Waals surface area contributed by atoms with E-state index in [1.807, 2.05) is 23.1 Å². The van der Waals surface area contributed by atoms with Gasteiger partial charge >= 0.3 is 11.8 Å². The lowest BCUT2D eigenvalue weighted by Gasteiger charge is -2.37. The van der Waals surface area contributed by atoms with E-state index in [0.717, 1.165) is 44.2 Å². The van der Waals surface area contributed by atoms with Crippen molar-refractivity contribution in [1.29, 1.82) is 0 Å². The van der Waals surface area contributed by atoms with Gasteiger partial charge in [0.05, 0.1) is 5.52 Å². The highest BCUT2D eigenvalue weighted by molar-refractivity contribution is 5.75. The van der Waals surface area contributed by atoms with Crippen molar-refractivity contribution in [3.05, 3.63) is 70.2 Å². The van der Waals surface area contributed by atoms with Gasteiger partial charge in [0.1, 0.15) is 0 Å². The molecule has 6 nitrogen and oxygen atoms in total. The van der Waals surface area contributed by atoms with Crippen LogP contribution in [0.4, 0.5) is 4.79 Å². The number of aryl methyl sites for hydroxylation is 2. The summed E-state index contributed by atoms with van der Waals surface area (Å²) in [5.41, 5.74) is 3.96. The third kappa shape index (κ3) is 4.84. The number of amides is 2. The van der Waals surface area contributed by atoms with Crippen LogP contribution >= 0.6 is 0 Å². The van der Waals surface area contributed by atoms with Gasteiger partial charge in [-0.25, -0.2) is 9.59 Å². The molecule has 2 amide bonds. The van der Waals surface area contributed by atoms with Crippen molar-refractivity contribution >= 4 is 17.1 Å². The zero-order chi connectivity index (χ0) is 21.8. The first-order valence-corrected chi connectivity index (χ1v) is 11.2. The highest BCUT2D eigenvalue weighted by Gasteiger charge is 2.29. The number of hydrogen-bond acceptors (Lipinski definition) is 3. The van der Waals surface area contributed by atoms with Gasteiger partial charge in [0.15, 0.2) is 5.58 Å². The van der Waals surface area contributed by atoms with Gasteiger partial charge in [-0.2, -0.15) is 0 Å². The van der Waals surface area contributed by atoms with Crippen molar-refractivity contribution in [3.63, 3.8) is 0 Å². The predicted octanol–water partition coefficient (Wildman–Crippen LogP) is 4.43. The van der Waals surface area contributed by atoms with Crippen molar-refractivity contribution < 1.29 is 9.21 Å². The minimum atomic E-state index is -0.337. The molecule has 6 heteroatoms. The number of unbranched alkanes of at least 4 members (excludes halogenated alkanes) is 1. The van der Waals surface area contributed by atoms with Crippen molar-refractivity contribution in [3.8, 4) is 0 Å². The Hall–Kier alpha value is -3.02. The molecule has 1 aromatic heterocycles. The van der Waals surface area contributed by atoms with E-state index in [4.69, 9.17) is 4.42 Å². The third-order valence-corrected chi connectivity index (χ3v) is 6.44. The maximum Gasteiger partial charge on any atom is 0.419 e. The van der Waals surface area contributed by atoms with Crippen LogP contribution in [0.1, 0.15) is 49.7 Å². The Morgan fingerprint density at radius 2 is 1.97 bits per heavy atom. The fourth-order valence-electron chi connectivity index (χ4n) is 4.58. The fraction of sp³-hybridized carbons (Fsp3) is 0.440. The monoisotopic (exact) mass is 421 g/mol. The summed E-state index contributed by atoms with van der Waals surface area (Å²) in [4.78, 5) is 26.4. The Balaban J connectivity index is 1.26. The van der Waals surface area contributed by atoms with Gasteiger partial charge in [0, 0.05) is 26.2 Å². The second-order valence-corrected chi connectivity index (χ2v) is 8.59. The first-order chi connectivity index (χ1) is 15.0. The number of nitrogens with one attached hydrogen (secondary N) is 1. The Kier molecular flexibility index (Phi) is 6.44. The molecule has 1 unspecified atom stereocenters. The molecule has 1 saturated heterocycles. The SMILES string of the molecule is C[C@H]1CC(c2ccc3c(c2)oc(=O)n3C)CCN1C(=O)NCCCCc1ccccc1. The van der Waals surface area contributed by atoms with Gasteiger partial charge < -0.3 is 14.6 Å². The second kappa shape index (κ2) is 9.41. The summed E-state index contributed by atoms with van der Waals surface area (Å²) in [6.45, 7) is 3.56. The maximum absolute atomic E-state index is 12.7. The smallest absolute Gasteiger partial charge is 0.408 e. The molecule has 0 bridgehead atoms. The van der Waals surface area contributed by atoms with Crippen molar-refractivity contribution in [2.75, 3.05) is 13.1 Å². The number of urea groups is 1. The van der Waals surface area contributed by atoms with E-state index < -0.39 is 0 Å². The topological polar surface area (TPSA) is 67.5 Å². The van der Waals surface area contributed by atoms with Crippen LogP contribution in [0.25, 0.3) is 11.1 Å². The summed E-state index contributed by atoms with van der Waals surface area (Å²) < 4.78 is 6.86. The second-order valence-electron chi connectivity index (χ2n) is 8.59. The molecule has 0 saturated carbocycles. The van der Waals surface area contributed by atoms with Gasteiger partial charge in [-0.3, -0.25) is 4.57 Å². The highest BCUT2D eigenvalue weighted by atomic mass is 16.4. The summed E-state index contributed by atoms with van der Waals surface area (Å²) in [6, 6.07) is 16.7. The van der Waals surface area contributed by atoms with Crippen LogP contribution in [0.15, 0.2) is 57.7 Å². The number of nitrogens with zero attached hydrogens (tertiary/aromatic N) is 2. The molecule has 3 aromatic rings. The number of rotatable bonds is 6. The Labute approximate surface area is 182 Å². The molecule has 164 valence electrons. The minimum absolute atomic E-state index is 0.0372. The number of piperidine rings is 1. The van der Waals surface area contributed by atoms with Gasteiger partial charge in [0.25, 0.3) is 0 Å². The summed E-state index contributed by atoms with van der Waals surface area (Å²) in [5, 5.41) is 3.09. The fourth-order valence-corrected chi connectivity index (χ4v) is 4.58. The number of likely N-dealkylation sites (tertiary alicyclic amines) is 1. The van der Waals surface area contributed by atoms with Crippen molar-refractivity contribution in [2.45, 2.75) is 51.0 Å². The molecule has 31 heavy (non-hydrogen) atoms. The van der Waals surface area contributed by atoms with Crippen LogP contribution in [0, 0.1) is 0 Å². The van der Waals surface area contributed by atoms with Crippen LogP contribution in [0.2, 0.25) is 0 Å². The first-order valence-electron chi connectivity index (χ1n) is 11.2. The molecule has 2 aromatic carbocycles. The van der Waals surface area contributed by atoms with Crippen molar-refractivity contribution in [2.24, 2.45) is 7.05 Å². The molecular weight excluding hydrogens is 390 g/mol. The third-order valence-electron chi connectivity index (χ3n) is 6.44. The number of aromatic nitrogens is 1. The lowest BCUT2D eigenvalue weighted by atomic mass is 9.86. The Morgan fingerprint density at radius 1 is 1.16 bits per heavy atom. The molecule has 0 radical (unpaired) electrons. The number of benzene rings is 2. The number of fused-ring (bicyclic) bond motifs is 1. The van der Waals surface area contributed by atoms with E-state index >= 15 is 0 Å². The van der Waals surface area contributed by atoms with Crippen LogP contribution < -0.4 is 11.1 Å². The van der Waals surface area contributed by atoms with Crippen LogP contribution in [-0.4, -0.2) is 34.6 Å². The largest absolute Gasteiger partial charge is 0.419 e. The summed E-state index contributed by atoms with van der Waals surface area (Å²) >= 11 is 0. The number of carbonyl (C=O) groups is 1. The van der Waals surface area contributed by atoms with Gasteiger partial charge in [-0.15, -0.1) is 0 Å². The van der Waals surface area contributed by atoms with E-state index in [1.165, 1.54) is 15.7 Å². The molecule has 1 N–H and O–H groups in total. The van der Waals surface area contributed by atoms with Crippen LogP contribution in [0.3, 0.4) is 0 Å². The van der Waals surface area contributed by atoms with E-state index in [9.17, 15) is 9.59 Å². The molecule has 4 rings (SSSR count). The lowest BCUT2D eigenvalue weighted by Crippen LogP contribution is -2.49. The van der Waals surface area contributed by atoms with E-state index in [1.54, 1.807) is 7.05 Å². The average Bonchev–Trinajstić information content (AvgIpc) is 3.07. The summed E-state index contributed by atoms with van der Waals surface area (Å²) in [7, 11) is 1.72. The zero-order valence-corrected chi connectivity index (χ0v) is 18.3. The van der Waals surface area contributed by atoms with E-state index in [-0.39, 0.29) is 17.8 Å². The Morgan fingerprint density at radius 3 is 2.74 bits per heavy atom. The summed E-state index contributed by atoms with van der Waals surface area (Å²) in [5.74, 6) is 0.0237.